The minimum absolute atomic E-state index is 0.0950. The van der Waals surface area contributed by atoms with Crippen molar-refractivity contribution in [3.05, 3.63) is 17.7 Å². The van der Waals surface area contributed by atoms with E-state index in [0.717, 1.165) is 5.69 Å². The van der Waals surface area contributed by atoms with Gasteiger partial charge < -0.3 is 15.0 Å². The lowest BCUT2D eigenvalue weighted by Gasteiger charge is -2.04. The van der Waals surface area contributed by atoms with E-state index in [0.29, 0.717) is 12.6 Å². The number of aromatic nitrogens is 2. The van der Waals surface area contributed by atoms with Gasteiger partial charge in [-0.25, -0.2) is 9.78 Å². The summed E-state index contributed by atoms with van der Waals surface area (Å²) in [6, 6.07) is 0.623. The zero-order valence-corrected chi connectivity index (χ0v) is 8.03. The predicted octanol–water partition coefficient (Wildman–Crippen LogP) is 0.370. The van der Waals surface area contributed by atoms with Crippen LogP contribution in [-0.4, -0.2) is 26.7 Å². The maximum Gasteiger partial charge on any atom is 0.372 e. The quantitative estimate of drug-likeness (QED) is 0.728. The third-order valence-corrected chi connectivity index (χ3v) is 2.42. The van der Waals surface area contributed by atoms with Crippen LogP contribution in [-0.2, 0) is 13.6 Å². The van der Waals surface area contributed by atoms with Crippen molar-refractivity contribution in [3.63, 3.8) is 0 Å². The highest BCUT2D eigenvalue weighted by atomic mass is 16.4. The van der Waals surface area contributed by atoms with Gasteiger partial charge in [-0.1, -0.05) is 0 Å². The molecule has 1 heterocycles. The molecule has 0 bridgehead atoms. The Morgan fingerprint density at radius 2 is 2.50 bits per heavy atom. The van der Waals surface area contributed by atoms with Crippen LogP contribution in [0.15, 0.2) is 6.20 Å². The molecule has 1 fully saturated rings. The summed E-state index contributed by atoms with van der Waals surface area (Å²) >= 11 is 0. The fourth-order valence-corrected chi connectivity index (χ4v) is 1.34. The van der Waals surface area contributed by atoms with Crippen LogP contribution in [0, 0.1) is 0 Å². The summed E-state index contributed by atoms with van der Waals surface area (Å²) in [5.74, 6) is -0.886. The summed E-state index contributed by atoms with van der Waals surface area (Å²) in [5.41, 5.74) is 0.911. The lowest BCUT2D eigenvalue weighted by Crippen LogP contribution is -2.18. The number of carboxylic acids is 1. The summed E-state index contributed by atoms with van der Waals surface area (Å²) in [6.07, 6.45) is 4.06. The summed E-state index contributed by atoms with van der Waals surface area (Å²) in [7, 11) is 1.72. The van der Waals surface area contributed by atoms with Crippen LogP contribution in [0.2, 0.25) is 0 Å². The fourth-order valence-electron chi connectivity index (χ4n) is 1.34. The smallest absolute Gasteiger partial charge is 0.372 e. The van der Waals surface area contributed by atoms with Gasteiger partial charge in [-0.05, 0) is 12.8 Å². The van der Waals surface area contributed by atoms with Crippen molar-refractivity contribution in [2.45, 2.75) is 25.4 Å². The number of nitrogens with zero attached hydrogens (tertiary/aromatic N) is 2. The van der Waals surface area contributed by atoms with E-state index >= 15 is 0 Å². The predicted molar refractivity (Wildman–Crippen MR) is 50.0 cm³/mol. The van der Waals surface area contributed by atoms with E-state index in [1.807, 2.05) is 0 Å². The molecule has 0 radical (unpaired) electrons. The minimum atomic E-state index is -0.981. The molecule has 0 aliphatic heterocycles. The third kappa shape index (κ3) is 1.77. The lowest BCUT2D eigenvalue weighted by molar-refractivity contribution is 0.0679. The molecule has 5 heteroatoms. The van der Waals surface area contributed by atoms with Crippen molar-refractivity contribution in [1.29, 1.82) is 0 Å². The Morgan fingerprint density at radius 1 is 1.79 bits per heavy atom. The summed E-state index contributed by atoms with van der Waals surface area (Å²) in [5, 5.41) is 12.1. The lowest BCUT2D eigenvalue weighted by atomic mass is 10.4. The Bertz CT molecular complexity index is 355. The van der Waals surface area contributed by atoms with Crippen LogP contribution in [0.5, 0.6) is 0 Å². The highest BCUT2D eigenvalue weighted by Gasteiger charge is 2.21. The first-order valence-electron chi connectivity index (χ1n) is 4.65. The second-order valence-electron chi connectivity index (χ2n) is 3.59. The van der Waals surface area contributed by atoms with Gasteiger partial charge in [-0.3, -0.25) is 0 Å². The number of imidazole rings is 1. The van der Waals surface area contributed by atoms with Crippen LogP contribution in [0.1, 0.15) is 29.2 Å². The maximum atomic E-state index is 10.7. The molecule has 1 aliphatic carbocycles. The summed E-state index contributed by atoms with van der Waals surface area (Å²) < 4.78 is 1.61. The van der Waals surface area contributed by atoms with E-state index in [9.17, 15) is 4.79 Å². The molecule has 0 spiro atoms. The molecule has 5 nitrogen and oxygen atoms in total. The summed E-state index contributed by atoms with van der Waals surface area (Å²) in [6.45, 7) is 0.696. The van der Waals surface area contributed by atoms with Crippen LogP contribution < -0.4 is 5.32 Å². The molecule has 14 heavy (non-hydrogen) atoms. The van der Waals surface area contributed by atoms with Crippen molar-refractivity contribution in [2.75, 3.05) is 0 Å². The largest absolute Gasteiger partial charge is 0.475 e. The van der Waals surface area contributed by atoms with Gasteiger partial charge in [0, 0.05) is 19.6 Å². The van der Waals surface area contributed by atoms with Crippen molar-refractivity contribution in [2.24, 2.45) is 7.05 Å². The molecule has 0 amide bonds. The first kappa shape index (κ1) is 9.21. The van der Waals surface area contributed by atoms with E-state index in [2.05, 4.69) is 10.3 Å². The van der Waals surface area contributed by atoms with Gasteiger partial charge in [-0.2, -0.15) is 0 Å². The zero-order chi connectivity index (χ0) is 10.1. The minimum Gasteiger partial charge on any atom is -0.475 e. The number of rotatable bonds is 4. The Morgan fingerprint density at radius 3 is 3.00 bits per heavy atom. The van der Waals surface area contributed by atoms with Crippen LogP contribution >= 0.6 is 0 Å². The van der Waals surface area contributed by atoms with Gasteiger partial charge in [0.25, 0.3) is 0 Å². The van der Waals surface area contributed by atoms with Gasteiger partial charge in [0.15, 0.2) is 0 Å². The highest BCUT2D eigenvalue weighted by Crippen LogP contribution is 2.19. The number of hydrogen-bond donors (Lipinski definition) is 2. The average Bonchev–Trinajstić information content (AvgIpc) is 2.87. The van der Waals surface area contributed by atoms with Crippen molar-refractivity contribution < 1.29 is 9.90 Å². The Hall–Kier alpha value is -1.36. The molecular formula is C9H13N3O2. The maximum absolute atomic E-state index is 10.7. The van der Waals surface area contributed by atoms with E-state index in [4.69, 9.17) is 5.11 Å². The molecule has 76 valence electrons. The van der Waals surface area contributed by atoms with E-state index in [-0.39, 0.29) is 5.82 Å². The molecule has 1 saturated carbocycles. The van der Waals surface area contributed by atoms with Crippen molar-refractivity contribution in [3.8, 4) is 0 Å². The standard InChI is InChI=1S/C9H13N3O2/c1-12-7(4-10-6-2-3-6)5-11-8(12)9(13)14/h5-6,10H,2-4H2,1H3,(H,13,14). The normalized spacial score (nSPS) is 15.8. The van der Waals surface area contributed by atoms with E-state index < -0.39 is 5.97 Å². The van der Waals surface area contributed by atoms with Crippen LogP contribution in [0.3, 0.4) is 0 Å². The molecule has 2 rings (SSSR count). The number of nitrogens with one attached hydrogen (secondary N) is 1. The molecule has 0 atom stereocenters. The molecule has 1 aromatic heterocycles. The second kappa shape index (κ2) is 3.42. The van der Waals surface area contributed by atoms with Gasteiger partial charge in [-0.15, -0.1) is 0 Å². The van der Waals surface area contributed by atoms with E-state index in [1.54, 1.807) is 17.8 Å². The Balaban J connectivity index is 2.05. The monoisotopic (exact) mass is 195 g/mol. The van der Waals surface area contributed by atoms with E-state index in [1.165, 1.54) is 12.8 Å². The van der Waals surface area contributed by atoms with Crippen LogP contribution in [0.25, 0.3) is 0 Å². The Kier molecular flexibility index (Phi) is 2.25. The molecule has 2 N–H and O–H groups in total. The van der Waals surface area contributed by atoms with Crippen LogP contribution in [0.4, 0.5) is 0 Å². The van der Waals surface area contributed by atoms with Crippen molar-refractivity contribution >= 4 is 5.97 Å². The molecule has 0 saturated heterocycles. The van der Waals surface area contributed by atoms with Gasteiger partial charge >= 0.3 is 5.97 Å². The first-order chi connectivity index (χ1) is 6.68. The SMILES string of the molecule is Cn1c(CNC2CC2)cnc1C(=O)O. The highest BCUT2D eigenvalue weighted by molar-refractivity contribution is 5.83. The zero-order valence-electron chi connectivity index (χ0n) is 8.03. The number of carboxylic acid groups (broad SMARTS) is 1. The van der Waals surface area contributed by atoms with Gasteiger partial charge in [0.1, 0.15) is 0 Å². The summed E-state index contributed by atoms with van der Waals surface area (Å²) in [4.78, 5) is 14.5. The molecular weight excluding hydrogens is 182 g/mol. The molecule has 1 aromatic rings. The van der Waals surface area contributed by atoms with Gasteiger partial charge in [0.05, 0.1) is 11.9 Å². The average molecular weight is 195 g/mol. The topological polar surface area (TPSA) is 67.2 Å². The number of hydrogen-bond acceptors (Lipinski definition) is 3. The fraction of sp³-hybridized carbons (Fsp3) is 0.556. The molecule has 0 aromatic carbocycles. The molecule has 0 unspecified atom stereocenters. The van der Waals surface area contributed by atoms with Crippen molar-refractivity contribution in [1.82, 2.24) is 14.9 Å². The first-order valence-corrected chi connectivity index (χ1v) is 4.65. The number of aromatic carboxylic acids is 1. The number of carbonyl (C=O) groups is 1. The molecule has 1 aliphatic rings. The second-order valence-corrected chi connectivity index (χ2v) is 3.59. The Labute approximate surface area is 81.8 Å². The van der Waals surface area contributed by atoms with Gasteiger partial charge in [0.2, 0.25) is 5.82 Å². The third-order valence-electron chi connectivity index (χ3n) is 2.42.